The fourth-order valence-electron chi connectivity index (χ4n) is 2.01. The monoisotopic (exact) mass is 254 g/mol. The van der Waals surface area contributed by atoms with Crippen molar-refractivity contribution in [2.75, 3.05) is 7.11 Å². The highest BCUT2D eigenvalue weighted by Gasteiger charge is 2.04. The molecule has 0 amide bonds. The molecule has 0 saturated carbocycles. The van der Waals surface area contributed by atoms with Gasteiger partial charge in [0.2, 0.25) is 0 Å². The number of carbonyl (C=O) groups is 1. The second kappa shape index (κ2) is 6.19. The first kappa shape index (κ1) is 13.3. The van der Waals surface area contributed by atoms with Crippen LogP contribution in [0.15, 0.2) is 48.5 Å². The lowest BCUT2D eigenvalue weighted by atomic mass is 10.0. The highest BCUT2D eigenvalue weighted by molar-refractivity contribution is 5.89. The molecule has 0 saturated heterocycles. The first-order chi connectivity index (χ1) is 9.22. The molecule has 2 rings (SSSR count). The van der Waals surface area contributed by atoms with Crippen LogP contribution in [-0.2, 0) is 17.6 Å². The van der Waals surface area contributed by atoms with E-state index >= 15 is 0 Å². The number of ether oxygens (including phenoxy) is 1. The van der Waals surface area contributed by atoms with Crippen LogP contribution in [0.4, 0.5) is 0 Å². The van der Waals surface area contributed by atoms with Gasteiger partial charge in [0.1, 0.15) is 0 Å². The Kier molecular flexibility index (Phi) is 4.35. The smallest absolute Gasteiger partial charge is 0.337 e. The van der Waals surface area contributed by atoms with Gasteiger partial charge in [-0.25, -0.2) is 4.79 Å². The van der Waals surface area contributed by atoms with Gasteiger partial charge < -0.3 is 4.74 Å². The fourth-order valence-corrected chi connectivity index (χ4v) is 2.01. The van der Waals surface area contributed by atoms with Crippen molar-refractivity contribution in [1.82, 2.24) is 0 Å². The summed E-state index contributed by atoms with van der Waals surface area (Å²) in [5.41, 5.74) is 4.41. The van der Waals surface area contributed by atoms with Gasteiger partial charge in [-0.05, 0) is 41.7 Å². The van der Waals surface area contributed by atoms with Gasteiger partial charge >= 0.3 is 5.97 Å². The number of hydrogen-bond donors (Lipinski definition) is 0. The molecule has 2 heteroatoms. The minimum absolute atomic E-state index is 0.293. The molecule has 0 heterocycles. The SMILES string of the molecule is CCc1ccc(Cc2ccc(C(=O)OC)cc2)cc1. The van der Waals surface area contributed by atoms with Crippen molar-refractivity contribution in [3.05, 3.63) is 70.8 Å². The molecule has 0 N–H and O–H groups in total. The normalized spacial score (nSPS) is 10.2. The standard InChI is InChI=1S/C17H18O2/c1-3-13-4-6-14(7-5-13)12-15-8-10-16(11-9-15)17(18)19-2/h4-11H,3,12H2,1-2H3. The van der Waals surface area contributed by atoms with E-state index < -0.39 is 0 Å². The van der Waals surface area contributed by atoms with Crippen molar-refractivity contribution in [3.63, 3.8) is 0 Å². The number of carbonyl (C=O) groups excluding carboxylic acids is 1. The van der Waals surface area contributed by atoms with Crippen molar-refractivity contribution in [2.24, 2.45) is 0 Å². The number of esters is 1. The van der Waals surface area contributed by atoms with Crippen LogP contribution in [0.2, 0.25) is 0 Å². The third kappa shape index (κ3) is 3.44. The molecule has 19 heavy (non-hydrogen) atoms. The summed E-state index contributed by atoms with van der Waals surface area (Å²) >= 11 is 0. The minimum Gasteiger partial charge on any atom is -0.465 e. The second-order valence-corrected chi connectivity index (χ2v) is 4.54. The number of aryl methyl sites for hydroxylation is 1. The Balaban J connectivity index is 2.08. The van der Waals surface area contributed by atoms with E-state index in [9.17, 15) is 4.79 Å². The average Bonchev–Trinajstić information content (AvgIpc) is 2.48. The zero-order chi connectivity index (χ0) is 13.7. The Morgan fingerprint density at radius 3 is 1.84 bits per heavy atom. The summed E-state index contributed by atoms with van der Waals surface area (Å²) in [6.07, 6.45) is 1.94. The van der Waals surface area contributed by atoms with Gasteiger partial charge in [-0.1, -0.05) is 43.3 Å². The zero-order valence-electron chi connectivity index (χ0n) is 11.3. The number of benzene rings is 2. The highest BCUT2D eigenvalue weighted by atomic mass is 16.5. The summed E-state index contributed by atoms with van der Waals surface area (Å²) in [5, 5.41) is 0. The van der Waals surface area contributed by atoms with E-state index in [4.69, 9.17) is 0 Å². The van der Waals surface area contributed by atoms with Gasteiger partial charge in [0.25, 0.3) is 0 Å². The predicted molar refractivity (Wildman–Crippen MR) is 76.4 cm³/mol. The van der Waals surface area contributed by atoms with E-state index in [2.05, 4.69) is 35.9 Å². The van der Waals surface area contributed by atoms with Crippen molar-refractivity contribution in [2.45, 2.75) is 19.8 Å². The summed E-state index contributed by atoms with van der Waals surface area (Å²) in [6.45, 7) is 2.15. The molecule has 0 aliphatic carbocycles. The topological polar surface area (TPSA) is 26.3 Å². The van der Waals surface area contributed by atoms with Crippen molar-refractivity contribution in [3.8, 4) is 0 Å². The molecule has 0 fully saturated rings. The van der Waals surface area contributed by atoms with E-state index in [1.54, 1.807) is 0 Å². The van der Waals surface area contributed by atoms with Crippen LogP contribution in [0.3, 0.4) is 0 Å². The summed E-state index contributed by atoms with van der Waals surface area (Å²) in [7, 11) is 1.39. The number of methoxy groups -OCH3 is 1. The maximum atomic E-state index is 11.3. The van der Waals surface area contributed by atoms with Crippen LogP contribution < -0.4 is 0 Å². The lowest BCUT2D eigenvalue weighted by molar-refractivity contribution is 0.0600. The molecule has 0 radical (unpaired) electrons. The Morgan fingerprint density at radius 2 is 1.37 bits per heavy atom. The molecule has 0 atom stereocenters. The first-order valence-corrected chi connectivity index (χ1v) is 6.48. The lowest BCUT2D eigenvalue weighted by Crippen LogP contribution is -2.01. The molecule has 0 spiro atoms. The van der Waals surface area contributed by atoms with Gasteiger partial charge in [0, 0.05) is 0 Å². The second-order valence-electron chi connectivity index (χ2n) is 4.54. The van der Waals surface area contributed by atoms with Gasteiger partial charge in [-0.15, -0.1) is 0 Å². The Labute approximate surface area is 114 Å². The molecule has 2 aromatic rings. The lowest BCUT2D eigenvalue weighted by Gasteiger charge is -2.05. The van der Waals surface area contributed by atoms with E-state index in [0.717, 1.165) is 12.8 Å². The maximum absolute atomic E-state index is 11.3. The van der Waals surface area contributed by atoms with Crippen molar-refractivity contribution < 1.29 is 9.53 Å². The van der Waals surface area contributed by atoms with Crippen LogP contribution in [-0.4, -0.2) is 13.1 Å². The Hall–Kier alpha value is -2.09. The maximum Gasteiger partial charge on any atom is 0.337 e. The molecular formula is C17H18O2. The van der Waals surface area contributed by atoms with Gasteiger partial charge in [-0.2, -0.15) is 0 Å². The van der Waals surface area contributed by atoms with Gasteiger partial charge in [0.05, 0.1) is 12.7 Å². The summed E-state index contributed by atoms with van der Waals surface area (Å²) in [5.74, 6) is -0.293. The van der Waals surface area contributed by atoms with Crippen LogP contribution in [0, 0.1) is 0 Å². The quantitative estimate of drug-likeness (QED) is 0.779. The van der Waals surface area contributed by atoms with Crippen LogP contribution in [0.25, 0.3) is 0 Å². The molecular weight excluding hydrogens is 236 g/mol. The average molecular weight is 254 g/mol. The van der Waals surface area contributed by atoms with E-state index in [0.29, 0.717) is 5.56 Å². The van der Waals surface area contributed by atoms with E-state index in [1.807, 2.05) is 24.3 Å². The molecule has 2 aromatic carbocycles. The summed E-state index contributed by atoms with van der Waals surface area (Å²) < 4.78 is 4.68. The molecule has 0 aliphatic heterocycles. The molecule has 0 aromatic heterocycles. The van der Waals surface area contributed by atoms with Crippen LogP contribution in [0.5, 0.6) is 0 Å². The first-order valence-electron chi connectivity index (χ1n) is 6.48. The zero-order valence-corrected chi connectivity index (χ0v) is 11.3. The Bertz CT molecular complexity index is 538. The Morgan fingerprint density at radius 1 is 0.895 bits per heavy atom. The predicted octanol–water partition coefficient (Wildman–Crippen LogP) is 3.63. The van der Waals surface area contributed by atoms with Crippen molar-refractivity contribution in [1.29, 1.82) is 0 Å². The van der Waals surface area contributed by atoms with Crippen LogP contribution >= 0.6 is 0 Å². The van der Waals surface area contributed by atoms with Gasteiger partial charge in [-0.3, -0.25) is 0 Å². The molecule has 0 bridgehead atoms. The largest absolute Gasteiger partial charge is 0.465 e. The molecule has 98 valence electrons. The number of hydrogen-bond acceptors (Lipinski definition) is 2. The number of rotatable bonds is 4. The third-order valence-corrected chi connectivity index (χ3v) is 3.21. The highest BCUT2D eigenvalue weighted by Crippen LogP contribution is 2.12. The third-order valence-electron chi connectivity index (χ3n) is 3.21. The fraction of sp³-hybridized carbons (Fsp3) is 0.235. The molecule has 2 nitrogen and oxygen atoms in total. The minimum atomic E-state index is -0.293. The van der Waals surface area contributed by atoms with E-state index in [-0.39, 0.29) is 5.97 Å². The van der Waals surface area contributed by atoms with Gasteiger partial charge in [0.15, 0.2) is 0 Å². The van der Waals surface area contributed by atoms with Crippen molar-refractivity contribution >= 4 is 5.97 Å². The molecule has 0 aliphatic rings. The summed E-state index contributed by atoms with van der Waals surface area (Å²) in [6, 6.07) is 16.2. The van der Waals surface area contributed by atoms with Crippen LogP contribution in [0.1, 0.15) is 34.0 Å². The molecule has 0 unspecified atom stereocenters. The van der Waals surface area contributed by atoms with E-state index in [1.165, 1.54) is 23.8 Å². The summed E-state index contributed by atoms with van der Waals surface area (Å²) in [4.78, 5) is 11.3.